The van der Waals surface area contributed by atoms with Crippen LogP contribution in [0.15, 0.2) is 24.3 Å². The van der Waals surface area contributed by atoms with E-state index in [0.717, 1.165) is 12.8 Å². The standard InChI is InChI=1S/C16H24O4/c1-4-6-7-13(5-2)12-19-20-16(17)14-8-10-15(18-3)11-9-14/h8-11,13H,4-7,12H2,1-3H3. The van der Waals surface area contributed by atoms with Crippen molar-refractivity contribution in [2.45, 2.75) is 39.5 Å². The smallest absolute Gasteiger partial charge is 0.373 e. The molecule has 0 aliphatic carbocycles. The van der Waals surface area contributed by atoms with Crippen molar-refractivity contribution in [3.8, 4) is 5.75 Å². The van der Waals surface area contributed by atoms with Crippen LogP contribution in [0.4, 0.5) is 0 Å². The molecule has 0 aliphatic heterocycles. The molecule has 0 heterocycles. The summed E-state index contributed by atoms with van der Waals surface area (Å²) in [4.78, 5) is 21.6. The van der Waals surface area contributed by atoms with E-state index in [1.54, 1.807) is 31.4 Å². The predicted molar refractivity (Wildman–Crippen MR) is 77.7 cm³/mol. The van der Waals surface area contributed by atoms with Gasteiger partial charge in [0.05, 0.1) is 19.3 Å². The predicted octanol–water partition coefficient (Wildman–Crippen LogP) is 4.00. The molecule has 0 aromatic heterocycles. The van der Waals surface area contributed by atoms with Crippen LogP contribution in [-0.4, -0.2) is 19.7 Å². The molecule has 0 spiro atoms. The summed E-state index contributed by atoms with van der Waals surface area (Å²) in [5.74, 6) is 0.671. The maximum Gasteiger partial charge on any atom is 0.373 e. The second-order valence-electron chi connectivity index (χ2n) is 4.80. The highest BCUT2D eigenvalue weighted by atomic mass is 17.2. The first-order chi connectivity index (χ1) is 9.71. The molecule has 4 nitrogen and oxygen atoms in total. The number of unbranched alkanes of at least 4 members (excludes halogenated alkanes) is 1. The van der Waals surface area contributed by atoms with Gasteiger partial charge in [-0.2, -0.15) is 4.89 Å². The minimum Gasteiger partial charge on any atom is -0.497 e. The number of hydrogen-bond donors (Lipinski definition) is 0. The van der Waals surface area contributed by atoms with Gasteiger partial charge in [-0.05, 0) is 36.6 Å². The topological polar surface area (TPSA) is 44.8 Å². The van der Waals surface area contributed by atoms with E-state index in [-0.39, 0.29) is 0 Å². The fourth-order valence-corrected chi connectivity index (χ4v) is 1.86. The number of hydrogen-bond acceptors (Lipinski definition) is 4. The Morgan fingerprint density at radius 3 is 2.45 bits per heavy atom. The molecule has 0 amide bonds. The zero-order valence-electron chi connectivity index (χ0n) is 12.6. The van der Waals surface area contributed by atoms with Crippen molar-refractivity contribution in [3.05, 3.63) is 29.8 Å². The van der Waals surface area contributed by atoms with Crippen molar-refractivity contribution in [2.75, 3.05) is 13.7 Å². The molecule has 1 rings (SSSR count). The average molecular weight is 280 g/mol. The van der Waals surface area contributed by atoms with Gasteiger partial charge in [-0.15, -0.1) is 0 Å². The van der Waals surface area contributed by atoms with Gasteiger partial charge >= 0.3 is 5.97 Å². The normalized spacial score (nSPS) is 11.9. The lowest BCUT2D eigenvalue weighted by Crippen LogP contribution is -2.13. The van der Waals surface area contributed by atoms with Crippen molar-refractivity contribution in [2.24, 2.45) is 5.92 Å². The van der Waals surface area contributed by atoms with Gasteiger partial charge < -0.3 is 4.74 Å². The molecule has 0 radical (unpaired) electrons. The number of benzene rings is 1. The van der Waals surface area contributed by atoms with Crippen LogP contribution in [0.2, 0.25) is 0 Å². The first kappa shape index (κ1) is 16.5. The quantitative estimate of drug-likeness (QED) is 0.506. The van der Waals surface area contributed by atoms with E-state index in [0.29, 0.717) is 23.8 Å². The summed E-state index contributed by atoms with van der Waals surface area (Å²) in [5.41, 5.74) is 0.451. The Labute approximate surface area is 121 Å². The molecule has 0 aliphatic rings. The summed E-state index contributed by atoms with van der Waals surface area (Å²) in [6.45, 7) is 4.74. The van der Waals surface area contributed by atoms with Crippen LogP contribution in [0, 0.1) is 5.92 Å². The molecule has 0 bridgehead atoms. The second-order valence-corrected chi connectivity index (χ2v) is 4.80. The summed E-state index contributed by atoms with van der Waals surface area (Å²) in [6, 6.07) is 6.73. The van der Waals surface area contributed by atoms with Gasteiger partial charge in [0.1, 0.15) is 5.75 Å². The zero-order valence-corrected chi connectivity index (χ0v) is 12.6. The number of ether oxygens (including phenoxy) is 1. The summed E-state index contributed by atoms with van der Waals surface area (Å²) >= 11 is 0. The van der Waals surface area contributed by atoms with Crippen molar-refractivity contribution < 1.29 is 19.3 Å². The second kappa shape index (κ2) is 9.37. The fourth-order valence-electron chi connectivity index (χ4n) is 1.86. The monoisotopic (exact) mass is 280 g/mol. The summed E-state index contributed by atoms with van der Waals surface area (Å²) in [6.07, 6.45) is 4.48. The molecule has 112 valence electrons. The van der Waals surface area contributed by atoms with Gasteiger partial charge in [-0.1, -0.05) is 33.1 Å². The number of rotatable bonds is 9. The van der Waals surface area contributed by atoms with E-state index in [1.165, 1.54) is 12.8 Å². The van der Waals surface area contributed by atoms with Gasteiger partial charge in [0, 0.05) is 0 Å². The highest BCUT2D eigenvalue weighted by molar-refractivity contribution is 5.89. The number of carbonyl (C=O) groups is 1. The first-order valence-corrected chi connectivity index (χ1v) is 7.19. The van der Waals surface area contributed by atoms with E-state index in [4.69, 9.17) is 14.5 Å². The molecule has 0 saturated carbocycles. The van der Waals surface area contributed by atoms with Crippen LogP contribution in [0.3, 0.4) is 0 Å². The van der Waals surface area contributed by atoms with Crippen molar-refractivity contribution in [3.63, 3.8) is 0 Å². The van der Waals surface area contributed by atoms with Crippen LogP contribution in [0.1, 0.15) is 49.9 Å². The maximum absolute atomic E-state index is 11.7. The van der Waals surface area contributed by atoms with E-state index in [9.17, 15) is 4.79 Å². The van der Waals surface area contributed by atoms with E-state index < -0.39 is 5.97 Å². The van der Waals surface area contributed by atoms with Crippen LogP contribution in [0.25, 0.3) is 0 Å². The van der Waals surface area contributed by atoms with Crippen molar-refractivity contribution >= 4 is 5.97 Å². The molecule has 0 saturated heterocycles. The first-order valence-electron chi connectivity index (χ1n) is 7.19. The lowest BCUT2D eigenvalue weighted by Gasteiger charge is -2.13. The minimum atomic E-state index is -0.474. The molecule has 1 aromatic carbocycles. The SMILES string of the molecule is CCCCC(CC)COOC(=O)c1ccc(OC)cc1. The van der Waals surface area contributed by atoms with Crippen LogP contribution < -0.4 is 4.74 Å². The van der Waals surface area contributed by atoms with Crippen LogP contribution in [0.5, 0.6) is 5.75 Å². The van der Waals surface area contributed by atoms with Crippen molar-refractivity contribution in [1.82, 2.24) is 0 Å². The van der Waals surface area contributed by atoms with E-state index in [1.807, 2.05) is 0 Å². The third kappa shape index (κ3) is 5.61. The highest BCUT2D eigenvalue weighted by Gasteiger charge is 2.11. The molecule has 1 atom stereocenters. The minimum absolute atomic E-state index is 0.443. The molecule has 1 unspecified atom stereocenters. The van der Waals surface area contributed by atoms with Crippen LogP contribution >= 0.6 is 0 Å². The number of carbonyl (C=O) groups excluding carboxylic acids is 1. The fraction of sp³-hybridized carbons (Fsp3) is 0.562. The number of methoxy groups -OCH3 is 1. The Hall–Kier alpha value is -1.55. The van der Waals surface area contributed by atoms with Gasteiger partial charge in [-0.3, -0.25) is 4.89 Å². The van der Waals surface area contributed by atoms with Gasteiger partial charge in [-0.25, -0.2) is 4.79 Å². The molecule has 1 aromatic rings. The summed E-state index contributed by atoms with van der Waals surface area (Å²) < 4.78 is 5.03. The Bertz CT molecular complexity index is 386. The summed E-state index contributed by atoms with van der Waals surface area (Å²) in [5, 5.41) is 0. The van der Waals surface area contributed by atoms with Gasteiger partial charge in [0.15, 0.2) is 0 Å². The Balaban J connectivity index is 2.34. The maximum atomic E-state index is 11.7. The molecular weight excluding hydrogens is 256 g/mol. The van der Waals surface area contributed by atoms with Crippen molar-refractivity contribution in [1.29, 1.82) is 0 Å². The zero-order chi connectivity index (χ0) is 14.8. The lowest BCUT2D eigenvalue weighted by atomic mass is 10.0. The lowest BCUT2D eigenvalue weighted by molar-refractivity contribution is -0.249. The largest absolute Gasteiger partial charge is 0.497 e. The third-order valence-electron chi connectivity index (χ3n) is 3.31. The Kier molecular flexibility index (Phi) is 7.73. The molecule has 0 fully saturated rings. The van der Waals surface area contributed by atoms with Crippen LogP contribution in [-0.2, 0) is 9.78 Å². The van der Waals surface area contributed by atoms with Gasteiger partial charge in [0.2, 0.25) is 0 Å². The molecule has 4 heteroatoms. The molecular formula is C16H24O4. The highest BCUT2D eigenvalue weighted by Crippen LogP contribution is 2.14. The Morgan fingerprint density at radius 1 is 1.20 bits per heavy atom. The Morgan fingerprint density at radius 2 is 1.90 bits per heavy atom. The molecule has 20 heavy (non-hydrogen) atoms. The van der Waals surface area contributed by atoms with Gasteiger partial charge in [0.25, 0.3) is 0 Å². The average Bonchev–Trinajstić information content (AvgIpc) is 2.50. The summed E-state index contributed by atoms with van der Waals surface area (Å²) in [7, 11) is 1.58. The molecule has 0 N–H and O–H groups in total. The van der Waals surface area contributed by atoms with E-state index >= 15 is 0 Å². The third-order valence-corrected chi connectivity index (χ3v) is 3.31. The van der Waals surface area contributed by atoms with E-state index in [2.05, 4.69) is 13.8 Å².